The van der Waals surface area contributed by atoms with Crippen molar-refractivity contribution in [3.05, 3.63) is 47.1 Å². The monoisotopic (exact) mass is 446 g/mol. The molecule has 1 fully saturated rings. The molecule has 1 aromatic rings. The number of hydrogen-bond acceptors (Lipinski definition) is 4. The van der Waals surface area contributed by atoms with Crippen LogP contribution >= 0.6 is 11.6 Å². The molecule has 7 heteroatoms. The maximum Gasteiger partial charge on any atom is 0.224 e. The summed E-state index contributed by atoms with van der Waals surface area (Å²) in [6, 6.07) is 7.64. The second-order valence-electron chi connectivity index (χ2n) is 6.83. The lowest BCUT2D eigenvalue weighted by Gasteiger charge is -2.18. The molecule has 1 aliphatic rings. The van der Waals surface area contributed by atoms with E-state index in [0.717, 1.165) is 17.8 Å². The number of nitrogens with one attached hydrogen (secondary N) is 1. The largest absolute Gasteiger partial charge is 0.375 e. The molecule has 1 aromatic carbocycles. The van der Waals surface area contributed by atoms with Crippen molar-refractivity contribution in [3.8, 4) is 0 Å². The Morgan fingerprint density at radius 1 is 1.29 bits per heavy atom. The first-order valence-electron chi connectivity index (χ1n) is 10.8. The fraction of sp³-hybridized carbons (Fsp3) is 0.500. The van der Waals surface area contributed by atoms with Gasteiger partial charge in [-0.3, -0.25) is 14.8 Å². The minimum atomic E-state index is -0.338. The van der Waals surface area contributed by atoms with Crippen molar-refractivity contribution < 1.29 is 9.53 Å². The highest BCUT2D eigenvalue weighted by molar-refractivity contribution is 6.30. The number of amidine groups is 1. The molecular weight excluding hydrogens is 412 g/mol. The van der Waals surface area contributed by atoms with Gasteiger partial charge in [0.1, 0.15) is 5.84 Å². The molecule has 2 rings (SSSR count). The first kappa shape index (κ1) is 26.7. The van der Waals surface area contributed by atoms with E-state index in [1.54, 1.807) is 18.6 Å². The van der Waals surface area contributed by atoms with E-state index in [9.17, 15) is 4.79 Å². The Morgan fingerprint density at radius 2 is 2.00 bits per heavy atom. The van der Waals surface area contributed by atoms with Crippen molar-refractivity contribution in [2.45, 2.75) is 46.5 Å². The zero-order valence-electron chi connectivity index (χ0n) is 19.3. The third-order valence-corrected chi connectivity index (χ3v) is 4.99. The number of nitrogens with zero attached hydrogens (tertiary/aromatic N) is 3. The van der Waals surface area contributed by atoms with Crippen LogP contribution in [0.1, 0.15) is 46.6 Å². The molecule has 1 amide bonds. The maximum absolute atomic E-state index is 12.6. The number of rotatable bonds is 10. The van der Waals surface area contributed by atoms with E-state index in [1.807, 2.05) is 65.0 Å². The number of amides is 1. The molecule has 6 nitrogen and oxygen atoms in total. The molecule has 1 saturated carbocycles. The number of halogens is 1. The summed E-state index contributed by atoms with van der Waals surface area (Å²) in [5.74, 6) is 0.598. The smallest absolute Gasteiger partial charge is 0.224 e. The van der Waals surface area contributed by atoms with Crippen LogP contribution in [0.15, 0.2) is 51.5 Å². The first-order chi connectivity index (χ1) is 15.0. The van der Waals surface area contributed by atoms with Crippen molar-refractivity contribution in [3.63, 3.8) is 0 Å². The number of hydrogen-bond donors (Lipinski definition) is 1. The van der Waals surface area contributed by atoms with Crippen LogP contribution in [0.25, 0.3) is 0 Å². The van der Waals surface area contributed by atoms with Gasteiger partial charge in [-0.2, -0.15) is 0 Å². The average Bonchev–Trinajstić information content (AvgIpc) is 3.51. The van der Waals surface area contributed by atoms with Gasteiger partial charge in [0.05, 0.1) is 25.7 Å². The van der Waals surface area contributed by atoms with Crippen molar-refractivity contribution in [1.82, 2.24) is 5.32 Å². The highest BCUT2D eigenvalue weighted by Crippen LogP contribution is 2.54. The van der Waals surface area contributed by atoms with Crippen molar-refractivity contribution in [2.75, 3.05) is 26.3 Å². The number of aliphatic imine (C=N–C) groups is 3. The molecule has 0 bridgehead atoms. The molecule has 0 radical (unpaired) electrons. The molecule has 2 atom stereocenters. The van der Waals surface area contributed by atoms with Gasteiger partial charge < -0.3 is 10.1 Å². The number of carbonyl (C=O) groups excluding carboxylic acids is 1. The van der Waals surface area contributed by atoms with Crippen LogP contribution in [-0.2, 0) is 14.9 Å². The van der Waals surface area contributed by atoms with E-state index >= 15 is 0 Å². The van der Waals surface area contributed by atoms with Gasteiger partial charge in [-0.05, 0) is 44.9 Å². The SMILES string of the molecule is C/C=C\N=CCNC(=O)C1CC1(COCC=NC(C)=NCC)c1ccc(Cl)cc1.CC. The zero-order chi connectivity index (χ0) is 23.1. The highest BCUT2D eigenvalue weighted by atomic mass is 35.5. The molecule has 0 spiro atoms. The summed E-state index contributed by atoms with van der Waals surface area (Å²) in [4.78, 5) is 25.1. The number of ether oxygens (including phenoxy) is 1. The molecule has 1 aliphatic carbocycles. The lowest BCUT2D eigenvalue weighted by molar-refractivity contribution is -0.122. The fourth-order valence-electron chi connectivity index (χ4n) is 3.19. The van der Waals surface area contributed by atoms with Crippen LogP contribution in [0.2, 0.25) is 5.02 Å². The summed E-state index contributed by atoms with van der Waals surface area (Å²) in [5, 5.41) is 3.59. The minimum absolute atomic E-state index is 0.00932. The van der Waals surface area contributed by atoms with Crippen molar-refractivity contribution >= 4 is 35.8 Å². The molecule has 1 N–H and O–H groups in total. The van der Waals surface area contributed by atoms with Crippen LogP contribution < -0.4 is 5.32 Å². The quantitative estimate of drug-likeness (QED) is 0.316. The van der Waals surface area contributed by atoms with Crippen LogP contribution in [0.5, 0.6) is 0 Å². The Balaban J connectivity index is 0.00000233. The fourth-order valence-corrected chi connectivity index (χ4v) is 3.32. The van der Waals surface area contributed by atoms with Gasteiger partial charge in [0.25, 0.3) is 0 Å². The van der Waals surface area contributed by atoms with E-state index in [-0.39, 0.29) is 17.2 Å². The number of carbonyl (C=O) groups is 1. The Bertz CT molecular complexity index is 787. The molecule has 0 aromatic heterocycles. The molecule has 2 unspecified atom stereocenters. The zero-order valence-corrected chi connectivity index (χ0v) is 20.0. The summed E-state index contributed by atoms with van der Waals surface area (Å²) in [7, 11) is 0. The molecule has 0 heterocycles. The lowest BCUT2D eigenvalue weighted by atomic mass is 9.93. The van der Waals surface area contributed by atoms with E-state index in [2.05, 4.69) is 20.3 Å². The van der Waals surface area contributed by atoms with Gasteiger partial charge >= 0.3 is 0 Å². The summed E-state index contributed by atoms with van der Waals surface area (Å²) < 4.78 is 5.86. The Hall–Kier alpha value is -2.31. The third-order valence-electron chi connectivity index (χ3n) is 4.74. The van der Waals surface area contributed by atoms with E-state index in [4.69, 9.17) is 16.3 Å². The van der Waals surface area contributed by atoms with Gasteiger partial charge in [-0.15, -0.1) is 0 Å². The van der Waals surface area contributed by atoms with Gasteiger partial charge in [-0.1, -0.05) is 43.7 Å². The Labute approximate surface area is 191 Å². The normalized spacial score (nSPS) is 20.8. The van der Waals surface area contributed by atoms with E-state index in [0.29, 0.717) is 31.3 Å². The first-order valence-corrected chi connectivity index (χ1v) is 11.2. The minimum Gasteiger partial charge on any atom is -0.375 e. The van der Waals surface area contributed by atoms with Gasteiger partial charge in [-0.25, -0.2) is 4.99 Å². The van der Waals surface area contributed by atoms with Crippen LogP contribution in [-0.4, -0.2) is 50.5 Å². The molecule has 0 aliphatic heterocycles. The van der Waals surface area contributed by atoms with Crippen LogP contribution in [0, 0.1) is 5.92 Å². The second kappa shape index (κ2) is 14.7. The third kappa shape index (κ3) is 8.75. The Kier molecular flexibility index (Phi) is 12.6. The van der Waals surface area contributed by atoms with Gasteiger partial charge in [0.15, 0.2) is 0 Å². The standard InChI is InChI=1S/C22H29ClN4O2.C2H6/c1-4-10-24-11-12-27-21(28)20-15-22(20,18-6-8-19(23)9-7-18)16-29-14-13-26-17(3)25-5-2;1-2/h4,6-11,13,20H,5,12,14-16H2,1-3H3,(H,27,28);1-2H3/b10-4-,24-11?,25-17?,26-13?;. The summed E-state index contributed by atoms with van der Waals surface area (Å²) in [5.41, 5.74) is 0.723. The van der Waals surface area contributed by atoms with Gasteiger partial charge in [0.2, 0.25) is 5.91 Å². The number of allylic oxidation sites excluding steroid dienone is 1. The maximum atomic E-state index is 12.6. The number of benzene rings is 1. The molecule has 31 heavy (non-hydrogen) atoms. The Morgan fingerprint density at radius 3 is 2.65 bits per heavy atom. The second-order valence-corrected chi connectivity index (χ2v) is 7.26. The lowest BCUT2D eigenvalue weighted by Crippen LogP contribution is -2.31. The van der Waals surface area contributed by atoms with Gasteiger partial charge in [0, 0.05) is 35.6 Å². The van der Waals surface area contributed by atoms with Crippen molar-refractivity contribution in [2.24, 2.45) is 20.9 Å². The topological polar surface area (TPSA) is 75.4 Å². The molecular formula is C24H35ClN4O2. The predicted molar refractivity (Wildman–Crippen MR) is 132 cm³/mol. The molecule has 0 saturated heterocycles. The summed E-state index contributed by atoms with van der Waals surface area (Å²) in [6.07, 6.45) is 7.64. The molecule has 170 valence electrons. The van der Waals surface area contributed by atoms with Crippen LogP contribution in [0.4, 0.5) is 0 Å². The summed E-state index contributed by atoms with van der Waals surface area (Å²) >= 11 is 6.03. The van der Waals surface area contributed by atoms with Crippen molar-refractivity contribution in [1.29, 1.82) is 0 Å². The predicted octanol–water partition coefficient (Wildman–Crippen LogP) is 4.87. The average molecular weight is 447 g/mol. The van der Waals surface area contributed by atoms with E-state index in [1.165, 1.54) is 0 Å². The highest BCUT2D eigenvalue weighted by Gasteiger charge is 2.59. The van der Waals surface area contributed by atoms with Crippen LogP contribution in [0.3, 0.4) is 0 Å². The van der Waals surface area contributed by atoms with E-state index < -0.39 is 0 Å². The summed E-state index contributed by atoms with van der Waals surface area (Å²) in [6.45, 7) is 11.6.